The molecule has 0 aromatic heterocycles. The maximum Gasteiger partial charge on any atom is 0.0719 e. The maximum absolute atomic E-state index is 5.55. The lowest BCUT2D eigenvalue weighted by Crippen LogP contribution is -2.20. The summed E-state index contributed by atoms with van der Waals surface area (Å²) in [6, 6.07) is 10.2. The molecule has 0 aliphatic heterocycles. The molecule has 1 rings (SSSR count). The normalized spacial score (nSPS) is 12.4. The molecule has 0 radical (unpaired) electrons. The molecular weight excluding hydrogens is 174 g/mol. The van der Waals surface area contributed by atoms with Crippen LogP contribution in [-0.2, 0) is 4.74 Å². The first-order valence-electron chi connectivity index (χ1n) is 5.23. The quantitative estimate of drug-likeness (QED) is 0.750. The van der Waals surface area contributed by atoms with Crippen molar-refractivity contribution >= 4 is 5.69 Å². The van der Waals surface area contributed by atoms with Crippen LogP contribution in [0.2, 0.25) is 0 Å². The van der Waals surface area contributed by atoms with Crippen molar-refractivity contribution in [2.75, 3.05) is 18.5 Å². The van der Waals surface area contributed by atoms with Crippen LogP contribution in [0.25, 0.3) is 0 Å². The predicted octanol–water partition coefficient (Wildman–Crippen LogP) is 2.91. The number of para-hydroxylation sites is 1. The van der Waals surface area contributed by atoms with Gasteiger partial charge in [0.05, 0.1) is 6.10 Å². The van der Waals surface area contributed by atoms with Crippen LogP contribution in [0.15, 0.2) is 30.3 Å². The van der Waals surface area contributed by atoms with Crippen molar-refractivity contribution in [3.8, 4) is 0 Å². The van der Waals surface area contributed by atoms with Crippen molar-refractivity contribution in [1.29, 1.82) is 0 Å². The number of ether oxygens (including phenoxy) is 1. The summed E-state index contributed by atoms with van der Waals surface area (Å²) in [6.07, 6.45) is 1.35. The molecule has 1 aromatic rings. The van der Waals surface area contributed by atoms with Gasteiger partial charge in [-0.05, 0) is 25.5 Å². The molecule has 14 heavy (non-hydrogen) atoms. The number of benzene rings is 1. The molecule has 0 heterocycles. The highest BCUT2D eigenvalue weighted by atomic mass is 16.5. The highest BCUT2D eigenvalue weighted by molar-refractivity contribution is 5.42. The third-order valence-corrected chi connectivity index (χ3v) is 1.97. The Labute approximate surface area is 86.3 Å². The number of nitrogens with one attached hydrogen (secondary N) is 1. The van der Waals surface area contributed by atoms with Crippen molar-refractivity contribution in [3.05, 3.63) is 30.3 Å². The summed E-state index contributed by atoms with van der Waals surface area (Å²) in [5.74, 6) is 0. The molecule has 2 heteroatoms. The first kappa shape index (κ1) is 11.1. The SMILES string of the molecule is CCCOC(C)CNc1ccccc1. The zero-order valence-electron chi connectivity index (χ0n) is 8.99. The number of hydrogen-bond acceptors (Lipinski definition) is 2. The Morgan fingerprint density at radius 3 is 2.64 bits per heavy atom. The molecule has 1 aromatic carbocycles. The van der Waals surface area contributed by atoms with Crippen LogP contribution in [0, 0.1) is 0 Å². The van der Waals surface area contributed by atoms with Crippen molar-refractivity contribution in [2.45, 2.75) is 26.4 Å². The lowest BCUT2D eigenvalue weighted by Gasteiger charge is -2.14. The van der Waals surface area contributed by atoms with Gasteiger partial charge in [0, 0.05) is 18.8 Å². The number of anilines is 1. The van der Waals surface area contributed by atoms with Crippen molar-refractivity contribution in [3.63, 3.8) is 0 Å². The Balaban J connectivity index is 2.20. The first-order chi connectivity index (χ1) is 6.83. The molecular formula is C12H19NO. The molecule has 0 saturated carbocycles. The van der Waals surface area contributed by atoms with E-state index in [4.69, 9.17) is 4.74 Å². The lowest BCUT2D eigenvalue weighted by atomic mass is 10.3. The average molecular weight is 193 g/mol. The summed E-state index contributed by atoms with van der Waals surface area (Å²) in [4.78, 5) is 0. The van der Waals surface area contributed by atoms with Gasteiger partial charge in [-0.15, -0.1) is 0 Å². The van der Waals surface area contributed by atoms with Crippen LogP contribution in [0.1, 0.15) is 20.3 Å². The van der Waals surface area contributed by atoms with Gasteiger partial charge in [-0.3, -0.25) is 0 Å². The van der Waals surface area contributed by atoms with E-state index in [0.29, 0.717) is 0 Å². The molecule has 0 bridgehead atoms. The zero-order valence-corrected chi connectivity index (χ0v) is 8.99. The molecule has 1 atom stereocenters. The first-order valence-corrected chi connectivity index (χ1v) is 5.23. The fourth-order valence-electron chi connectivity index (χ4n) is 1.20. The van der Waals surface area contributed by atoms with E-state index in [0.717, 1.165) is 25.3 Å². The summed E-state index contributed by atoms with van der Waals surface area (Å²) in [5.41, 5.74) is 1.15. The summed E-state index contributed by atoms with van der Waals surface area (Å²) in [5, 5.41) is 3.33. The molecule has 78 valence electrons. The smallest absolute Gasteiger partial charge is 0.0719 e. The molecule has 0 aliphatic rings. The van der Waals surface area contributed by atoms with E-state index in [-0.39, 0.29) is 6.10 Å². The maximum atomic E-state index is 5.55. The van der Waals surface area contributed by atoms with Crippen LogP contribution < -0.4 is 5.32 Å². The largest absolute Gasteiger partial charge is 0.382 e. The fraction of sp³-hybridized carbons (Fsp3) is 0.500. The van der Waals surface area contributed by atoms with E-state index in [1.807, 2.05) is 18.2 Å². The summed E-state index contributed by atoms with van der Waals surface area (Å²) in [7, 11) is 0. The minimum atomic E-state index is 0.273. The van der Waals surface area contributed by atoms with Crippen LogP contribution in [-0.4, -0.2) is 19.3 Å². The van der Waals surface area contributed by atoms with Gasteiger partial charge in [-0.25, -0.2) is 0 Å². The minimum absolute atomic E-state index is 0.273. The van der Waals surface area contributed by atoms with E-state index in [9.17, 15) is 0 Å². The molecule has 0 aliphatic carbocycles. The zero-order chi connectivity index (χ0) is 10.2. The Morgan fingerprint density at radius 2 is 2.00 bits per heavy atom. The van der Waals surface area contributed by atoms with Crippen molar-refractivity contribution < 1.29 is 4.74 Å². The molecule has 1 unspecified atom stereocenters. The van der Waals surface area contributed by atoms with Gasteiger partial charge in [0.1, 0.15) is 0 Å². The van der Waals surface area contributed by atoms with E-state index in [1.54, 1.807) is 0 Å². The Kier molecular flexibility index (Phi) is 5.08. The third kappa shape index (κ3) is 4.28. The number of hydrogen-bond donors (Lipinski definition) is 1. The Morgan fingerprint density at radius 1 is 1.29 bits per heavy atom. The lowest BCUT2D eigenvalue weighted by molar-refractivity contribution is 0.0752. The van der Waals surface area contributed by atoms with Gasteiger partial charge in [-0.1, -0.05) is 25.1 Å². The summed E-state index contributed by atoms with van der Waals surface area (Å²) < 4.78 is 5.55. The fourth-order valence-corrected chi connectivity index (χ4v) is 1.20. The monoisotopic (exact) mass is 193 g/mol. The van der Waals surface area contributed by atoms with Crippen LogP contribution in [0.4, 0.5) is 5.69 Å². The van der Waals surface area contributed by atoms with E-state index in [1.165, 1.54) is 0 Å². The molecule has 0 amide bonds. The molecule has 0 spiro atoms. The van der Waals surface area contributed by atoms with Crippen LogP contribution in [0.5, 0.6) is 0 Å². The van der Waals surface area contributed by atoms with Crippen LogP contribution in [0.3, 0.4) is 0 Å². The van der Waals surface area contributed by atoms with Gasteiger partial charge in [0.2, 0.25) is 0 Å². The second-order valence-corrected chi connectivity index (χ2v) is 3.43. The summed E-state index contributed by atoms with van der Waals surface area (Å²) >= 11 is 0. The van der Waals surface area contributed by atoms with Gasteiger partial charge < -0.3 is 10.1 Å². The minimum Gasteiger partial charge on any atom is -0.382 e. The van der Waals surface area contributed by atoms with E-state index >= 15 is 0 Å². The molecule has 0 saturated heterocycles. The van der Waals surface area contributed by atoms with Crippen molar-refractivity contribution in [2.24, 2.45) is 0 Å². The Bertz CT molecular complexity index is 235. The van der Waals surface area contributed by atoms with E-state index in [2.05, 4.69) is 31.3 Å². The number of rotatable bonds is 6. The van der Waals surface area contributed by atoms with Crippen LogP contribution >= 0.6 is 0 Å². The third-order valence-electron chi connectivity index (χ3n) is 1.97. The van der Waals surface area contributed by atoms with Gasteiger partial charge >= 0.3 is 0 Å². The Hall–Kier alpha value is -1.02. The summed E-state index contributed by atoms with van der Waals surface area (Å²) in [6.45, 7) is 5.92. The van der Waals surface area contributed by atoms with Gasteiger partial charge in [0.15, 0.2) is 0 Å². The highest BCUT2D eigenvalue weighted by Crippen LogP contribution is 2.05. The molecule has 0 fully saturated rings. The predicted molar refractivity (Wildman–Crippen MR) is 60.6 cm³/mol. The average Bonchev–Trinajstić information content (AvgIpc) is 2.25. The van der Waals surface area contributed by atoms with Gasteiger partial charge in [-0.2, -0.15) is 0 Å². The topological polar surface area (TPSA) is 21.3 Å². The highest BCUT2D eigenvalue weighted by Gasteiger charge is 2.00. The molecule has 2 nitrogen and oxygen atoms in total. The molecule has 1 N–H and O–H groups in total. The van der Waals surface area contributed by atoms with Gasteiger partial charge in [0.25, 0.3) is 0 Å². The van der Waals surface area contributed by atoms with E-state index < -0.39 is 0 Å². The second kappa shape index (κ2) is 6.44. The standard InChI is InChI=1S/C12H19NO/c1-3-9-14-11(2)10-13-12-7-5-4-6-8-12/h4-8,11,13H,3,9-10H2,1-2H3. The van der Waals surface area contributed by atoms with Crippen molar-refractivity contribution in [1.82, 2.24) is 0 Å². The second-order valence-electron chi connectivity index (χ2n) is 3.43.